The normalized spacial score (nSPS) is 33.3. The summed E-state index contributed by atoms with van der Waals surface area (Å²) in [4.78, 5) is 28.3. The zero-order valence-electron chi connectivity index (χ0n) is 13.5. The summed E-state index contributed by atoms with van der Waals surface area (Å²) in [5.41, 5.74) is -0.980. The maximum Gasteiger partial charge on any atom is 0.329 e. The Morgan fingerprint density at radius 3 is 2.62 bits per heavy atom. The van der Waals surface area contributed by atoms with E-state index in [0.29, 0.717) is 25.3 Å². The van der Waals surface area contributed by atoms with E-state index in [4.69, 9.17) is 0 Å². The van der Waals surface area contributed by atoms with E-state index in [1.54, 1.807) is 4.90 Å². The van der Waals surface area contributed by atoms with Gasteiger partial charge in [-0.3, -0.25) is 0 Å². The molecule has 0 aliphatic carbocycles. The fourth-order valence-corrected chi connectivity index (χ4v) is 3.87. The van der Waals surface area contributed by atoms with Gasteiger partial charge in [0.2, 0.25) is 0 Å². The van der Waals surface area contributed by atoms with Crippen LogP contribution in [0.15, 0.2) is 0 Å². The smallest absolute Gasteiger partial charge is 0.329 e. The number of carbonyl (C=O) groups is 2. The molecule has 120 valence electrons. The van der Waals surface area contributed by atoms with E-state index in [9.17, 15) is 14.7 Å². The number of amides is 2. The SMILES string of the molecule is CCCC1(C(=O)O)CCCN1C(=O)N1CC(C)CCC1C. The Hall–Kier alpha value is -1.26. The standard InChI is InChI=1S/C16H28N2O3/c1-4-8-16(14(19)20)9-5-10-18(16)15(21)17-11-12(2)6-7-13(17)3/h12-13H,4-11H2,1-3H3,(H,19,20). The first-order valence-electron chi connectivity index (χ1n) is 8.24. The van der Waals surface area contributed by atoms with E-state index in [1.165, 1.54) is 0 Å². The molecule has 5 heteroatoms. The van der Waals surface area contributed by atoms with Gasteiger partial charge < -0.3 is 14.9 Å². The number of carboxylic acids is 1. The molecule has 0 aromatic rings. The van der Waals surface area contributed by atoms with Crippen molar-refractivity contribution >= 4 is 12.0 Å². The molecule has 2 heterocycles. The third-order valence-corrected chi connectivity index (χ3v) is 5.14. The van der Waals surface area contributed by atoms with Gasteiger partial charge in [-0.05, 0) is 44.9 Å². The summed E-state index contributed by atoms with van der Waals surface area (Å²) >= 11 is 0. The minimum atomic E-state index is -0.980. The number of hydrogen-bond donors (Lipinski definition) is 1. The summed E-state index contributed by atoms with van der Waals surface area (Å²) < 4.78 is 0. The molecule has 2 aliphatic rings. The van der Waals surface area contributed by atoms with Crippen molar-refractivity contribution in [2.24, 2.45) is 5.92 Å². The van der Waals surface area contributed by atoms with Crippen LogP contribution in [0, 0.1) is 5.92 Å². The Bertz CT molecular complexity index is 412. The molecule has 0 radical (unpaired) electrons. The van der Waals surface area contributed by atoms with Crippen LogP contribution in [-0.4, -0.2) is 51.6 Å². The number of aliphatic carboxylic acids is 1. The largest absolute Gasteiger partial charge is 0.479 e. The molecule has 0 aromatic carbocycles. The molecular weight excluding hydrogens is 268 g/mol. The minimum absolute atomic E-state index is 0.0672. The van der Waals surface area contributed by atoms with E-state index >= 15 is 0 Å². The molecular formula is C16H28N2O3. The molecule has 5 nitrogen and oxygen atoms in total. The molecule has 2 aliphatic heterocycles. The van der Waals surface area contributed by atoms with E-state index < -0.39 is 11.5 Å². The van der Waals surface area contributed by atoms with Gasteiger partial charge in [0.25, 0.3) is 0 Å². The first-order chi connectivity index (χ1) is 9.92. The summed E-state index contributed by atoms with van der Waals surface area (Å²) in [7, 11) is 0. The van der Waals surface area contributed by atoms with Gasteiger partial charge >= 0.3 is 12.0 Å². The lowest BCUT2D eigenvalue weighted by molar-refractivity contribution is -0.149. The van der Waals surface area contributed by atoms with Gasteiger partial charge in [-0.25, -0.2) is 9.59 Å². The molecule has 0 saturated carbocycles. The minimum Gasteiger partial charge on any atom is -0.479 e. The highest BCUT2D eigenvalue weighted by Gasteiger charge is 2.50. The number of likely N-dealkylation sites (tertiary alicyclic amines) is 2. The second kappa shape index (κ2) is 6.24. The van der Waals surface area contributed by atoms with Crippen LogP contribution >= 0.6 is 0 Å². The average Bonchev–Trinajstić information content (AvgIpc) is 2.86. The lowest BCUT2D eigenvalue weighted by Crippen LogP contribution is -2.59. The zero-order chi connectivity index (χ0) is 15.6. The lowest BCUT2D eigenvalue weighted by Gasteiger charge is -2.43. The number of rotatable bonds is 3. The zero-order valence-corrected chi connectivity index (χ0v) is 13.5. The Morgan fingerprint density at radius 1 is 1.29 bits per heavy atom. The Morgan fingerprint density at radius 2 is 2.00 bits per heavy atom. The highest BCUT2D eigenvalue weighted by atomic mass is 16.4. The summed E-state index contributed by atoms with van der Waals surface area (Å²) in [5, 5.41) is 9.72. The molecule has 2 saturated heterocycles. The lowest BCUT2D eigenvalue weighted by atomic mass is 9.90. The van der Waals surface area contributed by atoms with Crippen molar-refractivity contribution in [1.29, 1.82) is 0 Å². The van der Waals surface area contributed by atoms with E-state index in [-0.39, 0.29) is 12.1 Å². The predicted octanol–water partition coefficient (Wildman–Crippen LogP) is 2.95. The van der Waals surface area contributed by atoms with Crippen LogP contribution in [0.5, 0.6) is 0 Å². The van der Waals surface area contributed by atoms with Crippen LogP contribution in [0.2, 0.25) is 0 Å². The van der Waals surface area contributed by atoms with Gasteiger partial charge in [-0.1, -0.05) is 20.3 Å². The van der Waals surface area contributed by atoms with Crippen molar-refractivity contribution in [3.05, 3.63) is 0 Å². The van der Waals surface area contributed by atoms with Crippen molar-refractivity contribution < 1.29 is 14.7 Å². The van der Waals surface area contributed by atoms with Gasteiger partial charge in [0, 0.05) is 19.1 Å². The van der Waals surface area contributed by atoms with Gasteiger partial charge in [-0.2, -0.15) is 0 Å². The van der Waals surface area contributed by atoms with Crippen LogP contribution in [0.25, 0.3) is 0 Å². The first-order valence-corrected chi connectivity index (χ1v) is 8.24. The number of piperidine rings is 1. The summed E-state index contributed by atoms with van der Waals surface area (Å²) in [6.07, 6.45) is 4.85. The molecule has 2 fully saturated rings. The second-order valence-electron chi connectivity index (χ2n) is 6.81. The quantitative estimate of drug-likeness (QED) is 0.871. The van der Waals surface area contributed by atoms with Crippen LogP contribution < -0.4 is 0 Å². The second-order valence-corrected chi connectivity index (χ2v) is 6.81. The predicted molar refractivity (Wildman–Crippen MR) is 81.2 cm³/mol. The van der Waals surface area contributed by atoms with Crippen LogP contribution in [-0.2, 0) is 4.79 Å². The maximum atomic E-state index is 12.9. The molecule has 2 rings (SSSR count). The third-order valence-electron chi connectivity index (χ3n) is 5.14. The summed E-state index contributed by atoms with van der Waals surface area (Å²) in [6.45, 7) is 7.53. The molecule has 21 heavy (non-hydrogen) atoms. The first kappa shape index (κ1) is 16.1. The number of urea groups is 1. The van der Waals surface area contributed by atoms with Gasteiger partial charge in [0.05, 0.1) is 0 Å². The monoisotopic (exact) mass is 296 g/mol. The van der Waals surface area contributed by atoms with Gasteiger partial charge in [0.1, 0.15) is 5.54 Å². The number of carbonyl (C=O) groups excluding carboxylic acids is 1. The van der Waals surface area contributed by atoms with Crippen LogP contribution in [0.1, 0.15) is 59.3 Å². The number of nitrogens with zero attached hydrogens (tertiary/aromatic N) is 2. The molecule has 1 N–H and O–H groups in total. The van der Waals surface area contributed by atoms with Crippen molar-refractivity contribution in [2.45, 2.75) is 70.9 Å². The number of carboxylic acid groups (broad SMARTS) is 1. The van der Waals surface area contributed by atoms with Gasteiger partial charge in [0.15, 0.2) is 0 Å². The van der Waals surface area contributed by atoms with Crippen molar-refractivity contribution in [3.8, 4) is 0 Å². The van der Waals surface area contributed by atoms with Crippen molar-refractivity contribution in [3.63, 3.8) is 0 Å². The van der Waals surface area contributed by atoms with E-state index in [2.05, 4.69) is 13.8 Å². The molecule has 0 bridgehead atoms. The molecule has 3 unspecified atom stereocenters. The fraction of sp³-hybridized carbons (Fsp3) is 0.875. The molecule has 3 atom stereocenters. The summed E-state index contributed by atoms with van der Waals surface area (Å²) in [6, 6.07) is 0.143. The fourth-order valence-electron chi connectivity index (χ4n) is 3.87. The maximum absolute atomic E-state index is 12.9. The van der Waals surface area contributed by atoms with Crippen molar-refractivity contribution in [1.82, 2.24) is 9.80 Å². The Kier molecular flexibility index (Phi) is 4.79. The summed E-state index contributed by atoms with van der Waals surface area (Å²) in [5.74, 6) is -0.342. The van der Waals surface area contributed by atoms with E-state index in [1.807, 2.05) is 11.8 Å². The van der Waals surface area contributed by atoms with Gasteiger partial charge in [-0.15, -0.1) is 0 Å². The third kappa shape index (κ3) is 2.87. The van der Waals surface area contributed by atoms with Crippen LogP contribution in [0.4, 0.5) is 4.79 Å². The van der Waals surface area contributed by atoms with Crippen LogP contribution in [0.3, 0.4) is 0 Å². The van der Waals surface area contributed by atoms with Crippen molar-refractivity contribution in [2.75, 3.05) is 13.1 Å². The average molecular weight is 296 g/mol. The molecule has 2 amide bonds. The number of hydrogen-bond acceptors (Lipinski definition) is 2. The topological polar surface area (TPSA) is 60.9 Å². The van der Waals surface area contributed by atoms with E-state index in [0.717, 1.165) is 32.2 Å². The Labute approximate surface area is 127 Å². The molecule has 0 aromatic heterocycles. The molecule has 0 spiro atoms. The highest BCUT2D eigenvalue weighted by molar-refractivity contribution is 5.87. The highest BCUT2D eigenvalue weighted by Crippen LogP contribution is 2.36. The Balaban J connectivity index is 2.22.